The molecule has 0 aliphatic carbocycles. The Kier molecular flexibility index (Phi) is 4.27. The van der Waals surface area contributed by atoms with E-state index < -0.39 is 5.97 Å². The van der Waals surface area contributed by atoms with Crippen LogP contribution in [0.4, 0.5) is 0 Å². The summed E-state index contributed by atoms with van der Waals surface area (Å²) in [6.07, 6.45) is 2.84. The Morgan fingerprint density at radius 3 is 2.70 bits per heavy atom. The maximum Gasteiger partial charge on any atom is 1.00 e. The van der Waals surface area contributed by atoms with Gasteiger partial charge in [-0.15, -0.1) is 0 Å². The third kappa shape index (κ3) is 2.47. The topological polar surface area (TPSA) is 50.2 Å². The van der Waals surface area contributed by atoms with E-state index >= 15 is 0 Å². The fourth-order valence-corrected chi connectivity index (χ4v) is 0.489. The van der Waals surface area contributed by atoms with Gasteiger partial charge in [0.05, 0.1) is 5.56 Å². The van der Waals surface area contributed by atoms with Crippen LogP contribution in [0.1, 0.15) is 11.8 Å². The molecule has 1 aromatic heterocycles. The van der Waals surface area contributed by atoms with Gasteiger partial charge in [-0.1, -0.05) is 0 Å². The van der Waals surface area contributed by atoms with Gasteiger partial charge in [-0.2, -0.15) is 0 Å². The van der Waals surface area contributed by atoms with E-state index in [2.05, 4.69) is 4.98 Å². The Labute approximate surface area is 81.9 Å². The van der Waals surface area contributed by atoms with Crippen molar-refractivity contribution in [2.75, 3.05) is 0 Å². The SMILES string of the molecule is O=C(O)c1cccnc1.[H-].[Na+]. The molecular weight excluding hydrogens is 141 g/mol. The molecule has 1 heterocycles. The monoisotopic (exact) mass is 147 g/mol. The summed E-state index contributed by atoms with van der Waals surface area (Å²) in [5.41, 5.74) is 0.220. The van der Waals surface area contributed by atoms with Crippen LogP contribution in [-0.4, -0.2) is 16.1 Å². The number of hydrogen-bond acceptors (Lipinski definition) is 2. The van der Waals surface area contributed by atoms with Crippen molar-refractivity contribution in [2.45, 2.75) is 0 Å². The van der Waals surface area contributed by atoms with Gasteiger partial charge in [-0.25, -0.2) is 4.79 Å². The number of aromatic nitrogens is 1. The summed E-state index contributed by atoms with van der Waals surface area (Å²) in [4.78, 5) is 13.8. The van der Waals surface area contributed by atoms with Crippen molar-refractivity contribution in [1.82, 2.24) is 4.98 Å². The number of rotatable bonds is 1. The molecule has 10 heavy (non-hydrogen) atoms. The second kappa shape index (κ2) is 4.44. The van der Waals surface area contributed by atoms with Gasteiger partial charge < -0.3 is 6.53 Å². The zero-order valence-electron chi connectivity index (χ0n) is 6.61. The number of carboxylic acids is 1. The standard InChI is InChI=1S/C6H5NO2.Na.H/c8-6(9)5-2-1-3-7-4-5;;/h1-4H,(H,8,9);;/q;+1;-1. The van der Waals surface area contributed by atoms with Crippen LogP contribution in [-0.2, 0) is 0 Å². The van der Waals surface area contributed by atoms with Gasteiger partial charge in [0.2, 0.25) is 0 Å². The normalized spacial score (nSPS) is 8.00. The molecule has 4 heteroatoms. The number of carbonyl (C=O) groups is 1. The fraction of sp³-hybridized carbons (Fsp3) is 0. The Morgan fingerprint density at radius 2 is 2.40 bits per heavy atom. The largest absolute Gasteiger partial charge is 1.00 e. The zero-order valence-corrected chi connectivity index (χ0v) is 7.61. The first-order chi connectivity index (χ1) is 4.30. The first-order valence-electron chi connectivity index (χ1n) is 2.44. The van der Waals surface area contributed by atoms with Crippen molar-refractivity contribution < 1.29 is 40.9 Å². The molecule has 0 bridgehead atoms. The minimum absolute atomic E-state index is 0. The van der Waals surface area contributed by atoms with Gasteiger partial charge in [0.15, 0.2) is 0 Å². The third-order valence-corrected chi connectivity index (χ3v) is 0.908. The summed E-state index contributed by atoms with van der Waals surface area (Å²) in [6, 6.07) is 3.08. The molecule has 3 nitrogen and oxygen atoms in total. The molecule has 1 aromatic rings. The van der Waals surface area contributed by atoms with Gasteiger partial charge in [0, 0.05) is 12.4 Å². The van der Waals surface area contributed by atoms with E-state index in [1.165, 1.54) is 18.5 Å². The maximum absolute atomic E-state index is 10.2. The minimum atomic E-state index is -0.942. The number of aromatic carboxylic acids is 1. The molecular formula is C6H6NNaO2. The van der Waals surface area contributed by atoms with Crippen LogP contribution in [0.3, 0.4) is 0 Å². The second-order valence-corrected chi connectivity index (χ2v) is 1.55. The van der Waals surface area contributed by atoms with Crippen LogP contribution in [0, 0.1) is 0 Å². The zero-order chi connectivity index (χ0) is 6.69. The van der Waals surface area contributed by atoms with Gasteiger partial charge in [0.25, 0.3) is 0 Å². The maximum atomic E-state index is 10.2. The molecule has 0 unspecified atom stereocenters. The fourth-order valence-electron chi connectivity index (χ4n) is 0.489. The van der Waals surface area contributed by atoms with Gasteiger partial charge in [-0.3, -0.25) is 4.98 Å². The smallest absolute Gasteiger partial charge is 1.00 e. The van der Waals surface area contributed by atoms with Crippen LogP contribution in [0.2, 0.25) is 0 Å². The summed E-state index contributed by atoms with van der Waals surface area (Å²) in [7, 11) is 0. The predicted molar refractivity (Wildman–Crippen MR) is 32.3 cm³/mol. The average molecular weight is 147 g/mol. The molecule has 0 aliphatic heterocycles. The number of nitrogens with zero attached hydrogens (tertiary/aromatic N) is 1. The molecule has 1 rings (SSSR count). The van der Waals surface area contributed by atoms with E-state index in [4.69, 9.17) is 5.11 Å². The third-order valence-electron chi connectivity index (χ3n) is 0.908. The first kappa shape index (κ1) is 9.62. The molecule has 48 valence electrons. The van der Waals surface area contributed by atoms with E-state index in [1.807, 2.05) is 0 Å². The number of hydrogen-bond donors (Lipinski definition) is 1. The summed E-state index contributed by atoms with van der Waals surface area (Å²) in [5.74, 6) is -0.942. The molecule has 0 saturated carbocycles. The Morgan fingerprint density at radius 1 is 1.70 bits per heavy atom. The molecule has 1 N–H and O–H groups in total. The Balaban J connectivity index is 0. The van der Waals surface area contributed by atoms with E-state index in [-0.39, 0.29) is 36.5 Å². The molecule has 0 atom stereocenters. The van der Waals surface area contributed by atoms with Crippen molar-refractivity contribution in [2.24, 2.45) is 0 Å². The molecule has 0 aliphatic rings. The summed E-state index contributed by atoms with van der Waals surface area (Å²) < 4.78 is 0. The van der Waals surface area contributed by atoms with Crippen LogP contribution in [0.5, 0.6) is 0 Å². The van der Waals surface area contributed by atoms with Crippen molar-refractivity contribution in [3.63, 3.8) is 0 Å². The quantitative estimate of drug-likeness (QED) is 0.463. The van der Waals surface area contributed by atoms with E-state index in [1.54, 1.807) is 6.07 Å². The summed E-state index contributed by atoms with van der Waals surface area (Å²) in [5, 5.41) is 8.34. The van der Waals surface area contributed by atoms with Gasteiger partial charge in [0.1, 0.15) is 0 Å². The van der Waals surface area contributed by atoms with Crippen molar-refractivity contribution in [3.8, 4) is 0 Å². The number of carboxylic acid groups (broad SMARTS) is 1. The van der Waals surface area contributed by atoms with Crippen LogP contribution < -0.4 is 29.6 Å². The molecule has 0 spiro atoms. The summed E-state index contributed by atoms with van der Waals surface area (Å²) in [6.45, 7) is 0. The Bertz CT molecular complexity index is 217. The van der Waals surface area contributed by atoms with E-state index in [9.17, 15) is 4.79 Å². The minimum Gasteiger partial charge on any atom is -1.00 e. The van der Waals surface area contributed by atoms with Crippen LogP contribution in [0.15, 0.2) is 24.5 Å². The Hall–Kier alpha value is -0.380. The molecule has 0 amide bonds. The second-order valence-electron chi connectivity index (χ2n) is 1.55. The van der Waals surface area contributed by atoms with Crippen LogP contribution >= 0.6 is 0 Å². The van der Waals surface area contributed by atoms with Crippen molar-refractivity contribution in [3.05, 3.63) is 30.1 Å². The van der Waals surface area contributed by atoms with E-state index in [0.717, 1.165) is 0 Å². The molecule has 0 saturated heterocycles. The molecule has 0 fully saturated rings. The molecule has 0 radical (unpaired) electrons. The number of pyridine rings is 1. The average Bonchev–Trinajstić information content (AvgIpc) is 1.90. The van der Waals surface area contributed by atoms with E-state index in [0.29, 0.717) is 0 Å². The van der Waals surface area contributed by atoms with Crippen molar-refractivity contribution >= 4 is 5.97 Å². The first-order valence-corrected chi connectivity index (χ1v) is 2.44. The van der Waals surface area contributed by atoms with Gasteiger partial charge in [-0.05, 0) is 12.1 Å². The predicted octanol–water partition coefficient (Wildman–Crippen LogP) is -2.10. The summed E-state index contributed by atoms with van der Waals surface area (Å²) >= 11 is 0. The van der Waals surface area contributed by atoms with Gasteiger partial charge >= 0.3 is 35.5 Å². The molecule has 0 aromatic carbocycles. The van der Waals surface area contributed by atoms with Crippen molar-refractivity contribution in [1.29, 1.82) is 0 Å². The van der Waals surface area contributed by atoms with Crippen LogP contribution in [0.25, 0.3) is 0 Å².